The largest absolute Gasteiger partial charge is 0.495 e. The molecule has 5 nitrogen and oxygen atoms in total. The number of aliphatic hydroxyl groups excluding tert-OH is 1. The van der Waals surface area contributed by atoms with Crippen LogP contribution >= 0.6 is 0 Å². The fourth-order valence-electron chi connectivity index (χ4n) is 3.27. The smallest absolute Gasteiger partial charge is 0.412 e. The molecule has 1 N–H and O–H groups in total. The van der Waals surface area contributed by atoms with E-state index in [2.05, 4.69) is 0 Å². The van der Waals surface area contributed by atoms with E-state index in [9.17, 15) is 9.90 Å². The lowest BCUT2D eigenvalue weighted by atomic mass is 10.1. The van der Waals surface area contributed by atoms with Crippen LogP contribution in [-0.4, -0.2) is 33.7 Å². The van der Waals surface area contributed by atoms with Crippen LogP contribution in [0, 0.1) is 0 Å². The van der Waals surface area contributed by atoms with Gasteiger partial charge in [-0.3, -0.25) is 4.90 Å². The van der Waals surface area contributed by atoms with E-state index in [-0.39, 0.29) is 37.3 Å². The number of carbonyl (C=O) groups is 1. The van der Waals surface area contributed by atoms with Gasteiger partial charge in [-0.15, -0.1) is 0 Å². The third kappa shape index (κ3) is 4.42. The molecule has 1 aliphatic rings. The van der Waals surface area contributed by atoms with Crippen molar-refractivity contribution < 1.29 is 14.6 Å². The van der Waals surface area contributed by atoms with Gasteiger partial charge in [0.1, 0.15) is 13.3 Å². The Morgan fingerprint density at radius 3 is 2.41 bits per heavy atom. The number of benzene rings is 2. The number of hydrogen-bond donors (Lipinski definition) is 1. The molecule has 0 radical (unpaired) electrons. The zero-order valence-corrected chi connectivity index (χ0v) is 15.8. The average molecular weight is 366 g/mol. The Balaban J connectivity index is 1.73. The van der Waals surface area contributed by atoms with Crippen LogP contribution in [0.4, 0.5) is 4.79 Å². The molecule has 0 spiro atoms. The molecule has 2 atom stereocenters. The zero-order valence-electron chi connectivity index (χ0n) is 15.8. The Kier molecular flexibility index (Phi) is 6.01. The van der Waals surface area contributed by atoms with Gasteiger partial charge >= 0.3 is 6.09 Å². The van der Waals surface area contributed by atoms with Crippen molar-refractivity contribution >= 4 is 6.09 Å². The van der Waals surface area contributed by atoms with Crippen molar-refractivity contribution in [3.63, 3.8) is 0 Å². The number of nitrogens with zero attached hydrogens (tertiary/aromatic N) is 2. The molecule has 1 heterocycles. The minimum absolute atomic E-state index is 0.0651. The highest BCUT2D eigenvalue weighted by Gasteiger charge is 2.33. The van der Waals surface area contributed by atoms with E-state index >= 15 is 0 Å². The summed E-state index contributed by atoms with van der Waals surface area (Å²) in [6.07, 6.45) is 2.06. The van der Waals surface area contributed by atoms with Gasteiger partial charge in [-0.2, -0.15) is 0 Å². The molecule has 1 aliphatic heterocycles. The molecular formula is C22H26N2O3. The first-order valence-corrected chi connectivity index (χ1v) is 9.29. The third-order valence-electron chi connectivity index (χ3n) is 4.95. The second-order valence-corrected chi connectivity index (χ2v) is 6.71. The molecule has 0 saturated heterocycles. The van der Waals surface area contributed by atoms with Crippen molar-refractivity contribution in [1.82, 2.24) is 9.80 Å². The molecule has 1 amide bonds. The summed E-state index contributed by atoms with van der Waals surface area (Å²) in [6.45, 7) is 4.52. The molecule has 3 rings (SSSR count). The molecule has 0 fully saturated rings. The summed E-state index contributed by atoms with van der Waals surface area (Å²) in [6, 6.07) is 19.3. The van der Waals surface area contributed by atoms with Crippen LogP contribution in [0.1, 0.15) is 37.4 Å². The van der Waals surface area contributed by atoms with E-state index in [0.29, 0.717) is 6.42 Å². The number of amides is 1. The Morgan fingerprint density at radius 1 is 1.15 bits per heavy atom. The summed E-state index contributed by atoms with van der Waals surface area (Å²) in [5, 5.41) is 10.5. The van der Waals surface area contributed by atoms with Crippen LogP contribution in [-0.2, 0) is 11.3 Å². The Morgan fingerprint density at radius 2 is 1.78 bits per heavy atom. The van der Waals surface area contributed by atoms with Gasteiger partial charge < -0.3 is 14.7 Å². The van der Waals surface area contributed by atoms with Crippen LogP contribution in [0.3, 0.4) is 0 Å². The van der Waals surface area contributed by atoms with Gasteiger partial charge in [0.15, 0.2) is 5.88 Å². The molecule has 27 heavy (non-hydrogen) atoms. The van der Waals surface area contributed by atoms with Gasteiger partial charge in [0.25, 0.3) is 0 Å². The molecule has 5 heteroatoms. The number of aliphatic hydroxyl groups is 1. The van der Waals surface area contributed by atoms with Crippen molar-refractivity contribution in [2.75, 3.05) is 6.67 Å². The lowest BCUT2D eigenvalue weighted by Crippen LogP contribution is -2.50. The predicted octanol–water partition coefficient (Wildman–Crippen LogP) is 4.84. The molecule has 2 aromatic carbocycles. The molecule has 0 bridgehead atoms. The minimum Gasteiger partial charge on any atom is -0.495 e. The van der Waals surface area contributed by atoms with Gasteiger partial charge in [0.2, 0.25) is 0 Å². The van der Waals surface area contributed by atoms with Crippen LogP contribution in [0.5, 0.6) is 0 Å². The molecule has 0 aliphatic carbocycles. The maximum Gasteiger partial charge on any atom is 0.412 e. The van der Waals surface area contributed by atoms with Crippen molar-refractivity contribution in [2.24, 2.45) is 0 Å². The summed E-state index contributed by atoms with van der Waals surface area (Å²) in [7, 11) is 0. The molecule has 2 aromatic rings. The van der Waals surface area contributed by atoms with Crippen LogP contribution in [0.2, 0.25) is 0 Å². The molecular weight excluding hydrogens is 340 g/mol. The summed E-state index contributed by atoms with van der Waals surface area (Å²) in [5.41, 5.74) is 2.02. The standard InChI is InChI=1S/C22H26N2O3/c1-3-20-14-21(25)23(17(2)19-12-8-5-9-13-19)16-24(20)22(26)27-15-18-10-6-4-7-11-18/h4-14,17,20,25H,3,15-16H2,1-2H3/t17-,20+/m0/s1. The molecule has 0 saturated carbocycles. The quantitative estimate of drug-likeness (QED) is 0.823. The normalized spacial score (nSPS) is 18.0. The summed E-state index contributed by atoms with van der Waals surface area (Å²) in [5.74, 6) is 0.199. The monoisotopic (exact) mass is 366 g/mol. The third-order valence-corrected chi connectivity index (χ3v) is 4.95. The van der Waals surface area contributed by atoms with E-state index < -0.39 is 0 Å². The van der Waals surface area contributed by atoms with E-state index in [1.165, 1.54) is 0 Å². The van der Waals surface area contributed by atoms with Gasteiger partial charge in [0.05, 0.1) is 12.1 Å². The lowest BCUT2D eigenvalue weighted by Gasteiger charge is -2.41. The van der Waals surface area contributed by atoms with E-state index in [1.807, 2.05) is 79.4 Å². The van der Waals surface area contributed by atoms with Crippen LogP contribution in [0.15, 0.2) is 72.6 Å². The van der Waals surface area contributed by atoms with Crippen molar-refractivity contribution in [2.45, 2.75) is 39.0 Å². The second-order valence-electron chi connectivity index (χ2n) is 6.71. The van der Waals surface area contributed by atoms with Crippen LogP contribution in [0.25, 0.3) is 0 Å². The lowest BCUT2D eigenvalue weighted by molar-refractivity contribution is 0.0246. The van der Waals surface area contributed by atoms with Gasteiger partial charge in [-0.1, -0.05) is 67.6 Å². The van der Waals surface area contributed by atoms with Gasteiger partial charge in [-0.25, -0.2) is 4.79 Å². The number of rotatable bonds is 5. The van der Waals surface area contributed by atoms with E-state index in [0.717, 1.165) is 11.1 Å². The first kappa shape index (κ1) is 18.8. The molecule has 0 unspecified atom stereocenters. The Bertz CT molecular complexity index is 777. The van der Waals surface area contributed by atoms with Crippen LogP contribution < -0.4 is 0 Å². The maximum absolute atomic E-state index is 12.7. The fourth-order valence-corrected chi connectivity index (χ4v) is 3.27. The zero-order chi connectivity index (χ0) is 19.2. The van der Waals surface area contributed by atoms with Gasteiger partial charge in [-0.05, 0) is 30.5 Å². The minimum atomic E-state index is -0.375. The van der Waals surface area contributed by atoms with Crippen molar-refractivity contribution in [3.05, 3.63) is 83.7 Å². The SMILES string of the molecule is CC[C@@H]1C=C(O)N([C@@H](C)c2ccccc2)CN1C(=O)OCc1ccccc1. The average Bonchev–Trinajstić information content (AvgIpc) is 2.72. The van der Waals surface area contributed by atoms with Crippen molar-refractivity contribution in [3.8, 4) is 0 Å². The maximum atomic E-state index is 12.7. The summed E-state index contributed by atoms with van der Waals surface area (Å²) in [4.78, 5) is 16.2. The first-order chi connectivity index (χ1) is 13.1. The highest BCUT2D eigenvalue weighted by atomic mass is 16.6. The Hall–Kier alpha value is -2.95. The fraction of sp³-hybridized carbons (Fsp3) is 0.318. The summed E-state index contributed by atoms with van der Waals surface area (Å²) < 4.78 is 5.52. The highest BCUT2D eigenvalue weighted by Crippen LogP contribution is 2.28. The topological polar surface area (TPSA) is 53.0 Å². The first-order valence-electron chi connectivity index (χ1n) is 9.29. The number of ether oxygens (including phenoxy) is 1. The van der Waals surface area contributed by atoms with E-state index in [1.54, 1.807) is 11.0 Å². The summed E-state index contributed by atoms with van der Waals surface area (Å²) >= 11 is 0. The predicted molar refractivity (Wildman–Crippen MR) is 105 cm³/mol. The van der Waals surface area contributed by atoms with Crippen molar-refractivity contribution in [1.29, 1.82) is 0 Å². The molecule has 0 aromatic heterocycles. The molecule has 142 valence electrons. The number of hydrogen-bond acceptors (Lipinski definition) is 4. The second kappa shape index (κ2) is 8.62. The van der Waals surface area contributed by atoms with E-state index in [4.69, 9.17) is 4.74 Å². The number of carbonyl (C=O) groups excluding carboxylic acids is 1. The highest BCUT2D eigenvalue weighted by molar-refractivity contribution is 5.68. The Labute approximate surface area is 160 Å². The van der Waals surface area contributed by atoms with Gasteiger partial charge in [0, 0.05) is 0 Å².